The first-order valence-corrected chi connectivity index (χ1v) is 10.4. The van der Waals surface area contributed by atoms with Gasteiger partial charge in [0.2, 0.25) is 0 Å². The summed E-state index contributed by atoms with van der Waals surface area (Å²) >= 11 is 1.74. The average molecular weight is 326 g/mol. The molecule has 21 heavy (non-hydrogen) atoms. The van der Waals surface area contributed by atoms with Crippen molar-refractivity contribution < 1.29 is 8.42 Å². The van der Waals surface area contributed by atoms with Gasteiger partial charge in [-0.1, -0.05) is 12.1 Å². The highest BCUT2D eigenvalue weighted by Gasteiger charge is 2.47. The van der Waals surface area contributed by atoms with E-state index in [1.54, 1.807) is 11.8 Å². The van der Waals surface area contributed by atoms with Crippen LogP contribution in [0.1, 0.15) is 18.4 Å². The Bertz CT molecular complexity index is 609. The van der Waals surface area contributed by atoms with Crippen molar-refractivity contribution in [2.45, 2.75) is 23.6 Å². The third-order valence-electron chi connectivity index (χ3n) is 4.57. The largest absolute Gasteiger partial charge is 0.399 e. The zero-order valence-electron chi connectivity index (χ0n) is 12.3. The molecule has 1 aromatic carbocycles. The van der Waals surface area contributed by atoms with Gasteiger partial charge in [0.15, 0.2) is 9.84 Å². The van der Waals surface area contributed by atoms with Gasteiger partial charge >= 0.3 is 0 Å². The molecule has 1 heterocycles. The summed E-state index contributed by atoms with van der Waals surface area (Å²) in [7, 11) is -3.02. The molecule has 116 valence electrons. The fourth-order valence-corrected chi connectivity index (χ4v) is 6.05. The number of nitrogens with zero attached hydrogens (tertiary/aromatic N) is 1. The van der Waals surface area contributed by atoms with Crippen LogP contribution < -0.4 is 5.73 Å². The van der Waals surface area contributed by atoms with Crippen LogP contribution in [0.25, 0.3) is 0 Å². The number of benzene rings is 1. The van der Waals surface area contributed by atoms with E-state index in [-0.39, 0.29) is 10.8 Å². The minimum Gasteiger partial charge on any atom is -0.399 e. The van der Waals surface area contributed by atoms with Crippen molar-refractivity contribution in [3.8, 4) is 0 Å². The van der Waals surface area contributed by atoms with Crippen LogP contribution in [-0.4, -0.2) is 49.5 Å². The van der Waals surface area contributed by atoms with Crippen LogP contribution in [-0.2, 0) is 15.3 Å². The first kappa shape index (κ1) is 15.2. The quantitative estimate of drug-likeness (QED) is 0.854. The molecule has 1 saturated heterocycles. The molecule has 0 amide bonds. The van der Waals surface area contributed by atoms with Crippen molar-refractivity contribution in [1.29, 1.82) is 0 Å². The van der Waals surface area contributed by atoms with E-state index in [0.29, 0.717) is 5.75 Å². The highest BCUT2D eigenvalue weighted by atomic mass is 32.2. The molecule has 1 aliphatic carbocycles. The summed E-state index contributed by atoms with van der Waals surface area (Å²) in [5, 5.41) is -0.331. The zero-order valence-corrected chi connectivity index (χ0v) is 13.9. The molecule has 0 radical (unpaired) electrons. The highest BCUT2D eigenvalue weighted by molar-refractivity contribution is 8.00. The number of anilines is 1. The number of rotatable bonds is 4. The molecule has 2 fully saturated rings. The molecule has 1 saturated carbocycles. The number of sulfone groups is 1. The predicted molar refractivity (Wildman–Crippen MR) is 89.3 cm³/mol. The van der Waals surface area contributed by atoms with Crippen molar-refractivity contribution in [1.82, 2.24) is 4.90 Å². The second kappa shape index (κ2) is 5.48. The van der Waals surface area contributed by atoms with Gasteiger partial charge in [-0.15, -0.1) is 0 Å². The molecule has 1 aliphatic heterocycles. The Hall–Kier alpha value is -0.720. The Morgan fingerprint density at radius 1 is 1.33 bits per heavy atom. The van der Waals surface area contributed by atoms with Crippen LogP contribution in [0.3, 0.4) is 0 Å². The molecule has 2 aliphatic rings. The summed E-state index contributed by atoms with van der Waals surface area (Å²) in [5.41, 5.74) is 7.97. The van der Waals surface area contributed by atoms with Crippen LogP contribution in [0.5, 0.6) is 0 Å². The van der Waals surface area contributed by atoms with Gasteiger partial charge in [0.1, 0.15) is 5.37 Å². The van der Waals surface area contributed by atoms with Crippen LogP contribution in [0.2, 0.25) is 0 Å². The Labute approximate surface area is 131 Å². The maximum atomic E-state index is 12.0. The molecule has 0 bridgehead atoms. The molecular formula is C15H22N2O2S2. The first-order chi connectivity index (χ1) is 9.91. The SMILES string of the molecule is CS(=O)(=O)C1CSCCN1CC1(c2ccc(N)cc2)CC1. The second-order valence-electron chi connectivity index (χ2n) is 6.23. The highest BCUT2D eigenvalue weighted by Crippen LogP contribution is 2.49. The van der Waals surface area contributed by atoms with Crippen molar-refractivity contribution in [3.63, 3.8) is 0 Å². The maximum Gasteiger partial charge on any atom is 0.164 e. The van der Waals surface area contributed by atoms with E-state index in [4.69, 9.17) is 5.73 Å². The topological polar surface area (TPSA) is 63.4 Å². The minimum atomic E-state index is -3.02. The molecule has 1 aromatic rings. The van der Waals surface area contributed by atoms with Gasteiger partial charge in [-0.2, -0.15) is 11.8 Å². The van der Waals surface area contributed by atoms with E-state index >= 15 is 0 Å². The summed E-state index contributed by atoms with van der Waals surface area (Å²) in [5.74, 6) is 1.71. The summed E-state index contributed by atoms with van der Waals surface area (Å²) < 4.78 is 24.0. The Morgan fingerprint density at radius 3 is 2.57 bits per heavy atom. The summed E-state index contributed by atoms with van der Waals surface area (Å²) in [6.07, 6.45) is 3.63. The molecule has 1 atom stereocenters. The van der Waals surface area contributed by atoms with Gasteiger partial charge < -0.3 is 5.73 Å². The average Bonchev–Trinajstić information content (AvgIpc) is 3.20. The lowest BCUT2D eigenvalue weighted by molar-refractivity contribution is 0.246. The van der Waals surface area contributed by atoms with Crippen LogP contribution >= 0.6 is 11.8 Å². The van der Waals surface area contributed by atoms with Crippen molar-refractivity contribution >= 4 is 27.3 Å². The van der Waals surface area contributed by atoms with Crippen LogP contribution in [0.4, 0.5) is 5.69 Å². The first-order valence-electron chi connectivity index (χ1n) is 7.27. The van der Waals surface area contributed by atoms with E-state index < -0.39 is 9.84 Å². The van der Waals surface area contributed by atoms with Crippen molar-refractivity contribution in [2.75, 3.05) is 36.6 Å². The van der Waals surface area contributed by atoms with Gasteiger partial charge in [0, 0.05) is 42.0 Å². The lowest BCUT2D eigenvalue weighted by atomic mass is 9.95. The van der Waals surface area contributed by atoms with E-state index in [9.17, 15) is 8.42 Å². The van der Waals surface area contributed by atoms with Crippen LogP contribution in [0.15, 0.2) is 24.3 Å². The van der Waals surface area contributed by atoms with Crippen molar-refractivity contribution in [3.05, 3.63) is 29.8 Å². The molecule has 1 unspecified atom stereocenters. The normalized spacial score (nSPS) is 25.7. The van der Waals surface area contributed by atoms with Gasteiger partial charge in [-0.05, 0) is 30.5 Å². The number of hydrogen-bond acceptors (Lipinski definition) is 5. The molecular weight excluding hydrogens is 304 g/mol. The fraction of sp³-hybridized carbons (Fsp3) is 0.600. The molecule has 4 nitrogen and oxygen atoms in total. The molecule has 2 N–H and O–H groups in total. The molecule has 6 heteroatoms. The number of hydrogen-bond donors (Lipinski definition) is 1. The smallest absolute Gasteiger partial charge is 0.164 e. The van der Waals surface area contributed by atoms with E-state index in [1.165, 1.54) is 11.8 Å². The van der Waals surface area contributed by atoms with E-state index in [1.807, 2.05) is 12.1 Å². The minimum absolute atomic E-state index is 0.138. The van der Waals surface area contributed by atoms with Crippen LogP contribution in [0, 0.1) is 0 Å². The summed E-state index contributed by atoms with van der Waals surface area (Å²) in [4.78, 5) is 2.18. The fourth-order valence-electron chi connectivity index (χ4n) is 3.11. The third kappa shape index (κ3) is 3.22. The Kier molecular flexibility index (Phi) is 3.96. The lowest BCUT2D eigenvalue weighted by Crippen LogP contribution is -2.49. The predicted octanol–water partition coefficient (Wildman–Crippen LogP) is 1.72. The number of nitrogen functional groups attached to an aromatic ring is 1. The molecule has 0 aromatic heterocycles. The third-order valence-corrected chi connectivity index (χ3v) is 7.25. The second-order valence-corrected chi connectivity index (χ2v) is 9.58. The zero-order chi connectivity index (χ0) is 15.1. The summed E-state index contributed by atoms with van der Waals surface area (Å²) in [6, 6.07) is 8.07. The van der Waals surface area contributed by atoms with Gasteiger partial charge in [0.05, 0.1) is 0 Å². The van der Waals surface area contributed by atoms with Crippen molar-refractivity contribution in [2.24, 2.45) is 0 Å². The van der Waals surface area contributed by atoms with Gasteiger partial charge in [-0.3, -0.25) is 4.90 Å². The summed E-state index contributed by atoms with van der Waals surface area (Å²) in [6.45, 7) is 1.70. The van der Waals surface area contributed by atoms with E-state index in [2.05, 4.69) is 17.0 Å². The maximum absolute atomic E-state index is 12.0. The van der Waals surface area contributed by atoms with E-state index in [0.717, 1.165) is 37.4 Å². The lowest BCUT2D eigenvalue weighted by Gasteiger charge is -2.36. The number of thioether (sulfide) groups is 1. The standard InChI is InChI=1S/C15H22N2O2S2/c1-21(18,19)14-10-20-9-8-17(14)11-15(6-7-15)12-2-4-13(16)5-3-12/h2-5,14H,6-11,16H2,1H3. The molecule has 0 spiro atoms. The monoisotopic (exact) mass is 326 g/mol. The Morgan fingerprint density at radius 2 is 2.00 bits per heavy atom. The Balaban J connectivity index is 1.80. The molecule has 3 rings (SSSR count). The van der Waals surface area contributed by atoms with Gasteiger partial charge in [-0.25, -0.2) is 8.42 Å². The number of nitrogens with two attached hydrogens (primary N) is 1. The van der Waals surface area contributed by atoms with Gasteiger partial charge in [0.25, 0.3) is 0 Å².